The highest BCUT2D eigenvalue weighted by Gasteiger charge is 2.20. The summed E-state index contributed by atoms with van der Waals surface area (Å²) in [7, 11) is 1.43. The summed E-state index contributed by atoms with van der Waals surface area (Å²) in [5, 5.41) is 6.42. The second-order valence-electron chi connectivity index (χ2n) is 5.53. The van der Waals surface area contributed by atoms with Gasteiger partial charge in [-0.25, -0.2) is 17.6 Å². The van der Waals surface area contributed by atoms with Crippen LogP contribution in [0.4, 0.5) is 23.2 Å². The average Bonchev–Trinajstić information content (AvgIpc) is 3.10. The van der Waals surface area contributed by atoms with Gasteiger partial charge in [0.05, 0.1) is 31.1 Å². The number of anilines is 1. The molecule has 0 spiro atoms. The number of hydrogen-bond acceptors (Lipinski definition) is 3. The Balaban J connectivity index is 1.78. The number of halogens is 4. The van der Waals surface area contributed by atoms with E-state index < -0.39 is 41.3 Å². The van der Waals surface area contributed by atoms with Crippen molar-refractivity contribution >= 4 is 11.6 Å². The first kappa shape index (κ1) is 18.4. The van der Waals surface area contributed by atoms with Crippen LogP contribution in [0.2, 0.25) is 0 Å². The highest BCUT2D eigenvalue weighted by Crippen LogP contribution is 2.21. The first-order valence-corrected chi connectivity index (χ1v) is 7.69. The summed E-state index contributed by atoms with van der Waals surface area (Å²) in [6, 6.07) is 6.81. The topological polar surface area (TPSA) is 56.1 Å². The highest BCUT2D eigenvalue weighted by molar-refractivity contribution is 6.06. The lowest BCUT2D eigenvalue weighted by Crippen LogP contribution is -2.12. The van der Waals surface area contributed by atoms with Crippen molar-refractivity contribution in [1.82, 2.24) is 9.78 Å². The first-order chi connectivity index (χ1) is 12.9. The van der Waals surface area contributed by atoms with Crippen LogP contribution < -0.4 is 10.1 Å². The molecule has 27 heavy (non-hydrogen) atoms. The molecule has 5 nitrogen and oxygen atoms in total. The molecule has 0 saturated heterocycles. The van der Waals surface area contributed by atoms with Crippen LogP contribution in [-0.4, -0.2) is 22.8 Å². The molecule has 0 aliphatic heterocycles. The molecule has 0 unspecified atom stereocenters. The summed E-state index contributed by atoms with van der Waals surface area (Å²) in [5.74, 6) is -6.34. The Morgan fingerprint density at radius 1 is 1.15 bits per heavy atom. The maximum atomic E-state index is 13.8. The van der Waals surface area contributed by atoms with Crippen molar-refractivity contribution in [1.29, 1.82) is 0 Å². The van der Waals surface area contributed by atoms with Gasteiger partial charge in [0.2, 0.25) is 0 Å². The fourth-order valence-electron chi connectivity index (χ4n) is 2.46. The number of hydrogen-bond donors (Lipinski definition) is 1. The number of carbonyl (C=O) groups excluding carboxylic acids is 1. The van der Waals surface area contributed by atoms with E-state index in [0.717, 1.165) is 4.68 Å². The lowest BCUT2D eigenvalue weighted by molar-refractivity contribution is 0.102. The van der Waals surface area contributed by atoms with Gasteiger partial charge < -0.3 is 10.1 Å². The van der Waals surface area contributed by atoms with Gasteiger partial charge >= 0.3 is 0 Å². The van der Waals surface area contributed by atoms with Crippen LogP contribution in [0, 0.1) is 23.3 Å². The van der Waals surface area contributed by atoms with Crippen LogP contribution in [0.1, 0.15) is 15.9 Å². The molecule has 3 aromatic rings. The zero-order chi connectivity index (χ0) is 19.6. The Labute approximate surface area is 151 Å². The minimum Gasteiger partial charge on any atom is -0.496 e. The molecule has 1 aromatic heterocycles. The van der Waals surface area contributed by atoms with Crippen molar-refractivity contribution in [2.75, 3.05) is 12.4 Å². The maximum Gasteiger partial charge on any atom is 0.259 e. The van der Waals surface area contributed by atoms with E-state index in [1.807, 2.05) is 0 Å². The number of carbonyl (C=O) groups is 1. The van der Waals surface area contributed by atoms with Gasteiger partial charge in [0.25, 0.3) is 5.91 Å². The van der Waals surface area contributed by atoms with E-state index in [-0.39, 0.29) is 17.3 Å². The summed E-state index contributed by atoms with van der Waals surface area (Å²) in [6.07, 6.45) is 2.55. The third-order valence-electron chi connectivity index (χ3n) is 3.77. The number of methoxy groups -OCH3 is 1. The third kappa shape index (κ3) is 3.76. The van der Waals surface area contributed by atoms with Gasteiger partial charge in [0, 0.05) is 17.8 Å². The molecule has 0 saturated carbocycles. The molecule has 3 rings (SSSR count). The monoisotopic (exact) mass is 379 g/mol. The average molecular weight is 379 g/mol. The van der Waals surface area contributed by atoms with Gasteiger partial charge in [0.1, 0.15) is 11.6 Å². The fourth-order valence-corrected chi connectivity index (χ4v) is 2.46. The Morgan fingerprint density at radius 3 is 2.63 bits per heavy atom. The number of ether oxygens (including phenoxy) is 1. The molecule has 0 aliphatic rings. The van der Waals surface area contributed by atoms with Crippen molar-refractivity contribution in [3.63, 3.8) is 0 Å². The van der Waals surface area contributed by atoms with E-state index >= 15 is 0 Å². The first-order valence-electron chi connectivity index (χ1n) is 7.69. The molecule has 0 aliphatic carbocycles. The molecular formula is C18H13F4N3O2. The zero-order valence-corrected chi connectivity index (χ0v) is 14.0. The van der Waals surface area contributed by atoms with E-state index in [2.05, 4.69) is 10.4 Å². The van der Waals surface area contributed by atoms with Gasteiger partial charge in [0.15, 0.2) is 17.5 Å². The van der Waals surface area contributed by atoms with E-state index in [9.17, 15) is 22.4 Å². The van der Waals surface area contributed by atoms with Crippen LogP contribution in [0.25, 0.3) is 0 Å². The van der Waals surface area contributed by atoms with Crippen molar-refractivity contribution in [3.05, 3.63) is 77.1 Å². The number of benzene rings is 2. The second kappa shape index (κ2) is 7.48. The molecule has 0 radical (unpaired) electrons. The summed E-state index contributed by atoms with van der Waals surface area (Å²) in [4.78, 5) is 12.3. The molecule has 0 atom stereocenters. The Hall–Kier alpha value is -3.36. The van der Waals surface area contributed by atoms with Gasteiger partial charge in [-0.15, -0.1) is 0 Å². The second-order valence-corrected chi connectivity index (χ2v) is 5.53. The standard InChI is InChI=1S/C18H13F4N3O2/c1-27-15-5-3-2-4-11(15)18(26)24-10-7-23-25(8-10)9-12-13(19)6-14(20)17(22)16(12)21/h2-8H,9H2,1H3,(H,24,26). The van der Waals surface area contributed by atoms with E-state index in [1.165, 1.54) is 19.5 Å². The van der Waals surface area contributed by atoms with Crippen LogP contribution in [0.15, 0.2) is 42.7 Å². The molecule has 1 heterocycles. The van der Waals surface area contributed by atoms with Crippen molar-refractivity contribution in [2.24, 2.45) is 0 Å². The molecule has 1 amide bonds. The molecule has 9 heteroatoms. The molecule has 0 bridgehead atoms. The van der Waals surface area contributed by atoms with Crippen molar-refractivity contribution in [3.8, 4) is 5.75 Å². The summed E-state index contributed by atoms with van der Waals surface area (Å²) in [5.41, 5.74) is -0.153. The highest BCUT2D eigenvalue weighted by atomic mass is 19.2. The molecule has 2 aromatic carbocycles. The summed E-state index contributed by atoms with van der Waals surface area (Å²) in [6.45, 7) is -0.487. The zero-order valence-electron chi connectivity index (χ0n) is 14.0. The Morgan fingerprint density at radius 2 is 1.89 bits per heavy atom. The fraction of sp³-hybridized carbons (Fsp3) is 0.111. The lowest BCUT2D eigenvalue weighted by atomic mass is 10.2. The van der Waals surface area contributed by atoms with E-state index in [1.54, 1.807) is 24.3 Å². The van der Waals surface area contributed by atoms with Gasteiger partial charge in [-0.3, -0.25) is 9.48 Å². The number of amides is 1. The number of para-hydroxylation sites is 1. The number of rotatable bonds is 5. The van der Waals surface area contributed by atoms with Gasteiger partial charge in [-0.2, -0.15) is 5.10 Å². The predicted octanol–water partition coefficient (Wildman–Crippen LogP) is 3.75. The lowest BCUT2D eigenvalue weighted by Gasteiger charge is -2.08. The number of aromatic nitrogens is 2. The van der Waals surface area contributed by atoms with Crippen LogP contribution in [0.5, 0.6) is 5.75 Å². The number of nitrogens with one attached hydrogen (secondary N) is 1. The van der Waals surface area contributed by atoms with Gasteiger partial charge in [-0.05, 0) is 12.1 Å². The molecule has 1 N–H and O–H groups in total. The summed E-state index contributed by atoms with van der Waals surface area (Å²) < 4.78 is 60.0. The van der Waals surface area contributed by atoms with Crippen molar-refractivity contribution < 1.29 is 27.1 Å². The minimum atomic E-state index is -1.76. The third-order valence-corrected chi connectivity index (χ3v) is 3.77. The predicted molar refractivity (Wildman–Crippen MR) is 88.6 cm³/mol. The van der Waals surface area contributed by atoms with Gasteiger partial charge in [-0.1, -0.05) is 12.1 Å². The van der Waals surface area contributed by atoms with Crippen LogP contribution >= 0.6 is 0 Å². The normalized spacial score (nSPS) is 10.7. The van der Waals surface area contributed by atoms with E-state index in [4.69, 9.17) is 4.74 Å². The van der Waals surface area contributed by atoms with Crippen molar-refractivity contribution in [2.45, 2.75) is 6.54 Å². The summed E-state index contributed by atoms with van der Waals surface area (Å²) >= 11 is 0. The van der Waals surface area contributed by atoms with E-state index in [0.29, 0.717) is 5.75 Å². The minimum absolute atomic E-state index is 0.245. The molecule has 140 valence electrons. The van der Waals surface area contributed by atoms with Crippen LogP contribution in [0.3, 0.4) is 0 Å². The largest absolute Gasteiger partial charge is 0.496 e. The Bertz CT molecular complexity index is 1000. The van der Waals surface area contributed by atoms with Crippen LogP contribution in [-0.2, 0) is 6.54 Å². The number of nitrogens with zero attached hydrogens (tertiary/aromatic N) is 2. The quantitative estimate of drug-likeness (QED) is 0.417. The maximum absolute atomic E-state index is 13.8. The SMILES string of the molecule is COc1ccccc1C(=O)Nc1cnn(Cc2c(F)cc(F)c(F)c2F)c1. The Kier molecular flexibility index (Phi) is 5.11. The molecular weight excluding hydrogens is 366 g/mol. The smallest absolute Gasteiger partial charge is 0.259 e. The molecule has 0 fully saturated rings.